The average Bonchev–Trinajstić information content (AvgIpc) is 3.14. The van der Waals surface area contributed by atoms with Crippen molar-refractivity contribution in [3.63, 3.8) is 0 Å². The largest absolute Gasteiger partial charge is 0.454 e. The minimum absolute atomic E-state index is 0.0224. The summed E-state index contributed by atoms with van der Waals surface area (Å²) in [4.78, 5) is 20.8. The molecule has 3 aromatic rings. The van der Waals surface area contributed by atoms with Crippen molar-refractivity contribution in [3.05, 3.63) is 81.6 Å². The Hall–Kier alpha value is -3.73. The Balaban J connectivity index is 1.75. The normalized spacial score (nSPS) is 22.7. The van der Waals surface area contributed by atoms with Gasteiger partial charge in [0, 0.05) is 48.5 Å². The molecule has 2 aromatic heterocycles. The number of alkyl halides is 2. The Labute approximate surface area is 200 Å². The van der Waals surface area contributed by atoms with Crippen molar-refractivity contribution in [2.75, 3.05) is 0 Å². The molecule has 0 aliphatic heterocycles. The lowest BCUT2D eigenvalue weighted by molar-refractivity contribution is -0.149. The number of rotatable bonds is 3. The Morgan fingerprint density at radius 1 is 1.17 bits per heavy atom. The summed E-state index contributed by atoms with van der Waals surface area (Å²) in [6, 6.07) is 7.80. The fraction of sp³-hybridized carbons (Fsp3) is 0.333. The van der Waals surface area contributed by atoms with E-state index in [0.717, 1.165) is 12.1 Å². The topological polar surface area (TPSA) is 75.9 Å². The number of carbonyl (C=O) groups excluding carboxylic acids is 1. The molecule has 1 aromatic carbocycles. The van der Waals surface area contributed by atoms with E-state index in [4.69, 9.17) is 4.74 Å². The van der Waals surface area contributed by atoms with E-state index in [-0.39, 0.29) is 24.0 Å². The third-order valence-corrected chi connectivity index (χ3v) is 6.90. The fourth-order valence-corrected chi connectivity index (χ4v) is 5.46. The molecule has 0 fully saturated rings. The molecule has 2 aliphatic carbocycles. The van der Waals surface area contributed by atoms with Crippen LogP contribution in [-0.4, -0.2) is 22.1 Å². The molecular weight excluding hydrogens is 455 g/mol. The highest BCUT2D eigenvalue weighted by molar-refractivity contribution is 5.72. The van der Waals surface area contributed by atoms with Gasteiger partial charge in [-0.15, -0.1) is 0 Å². The quantitative estimate of drug-likeness (QED) is 0.439. The van der Waals surface area contributed by atoms with E-state index in [9.17, 15) is 18.8 Å². The molecular formula is C27H22F3N3O2. The van der Waals surface area contributed by atoms with Crippen LogP contribution in [0.5, 0.6) is 0 Å². The molecule has 5 rings (SSSR count). The number of fused-ring (bicyclic) bond motifs is 2. The van der Waals surface area contributed by atoms with Crippen LogP contribution in [0.15, 0.2) is 36.7 Å². The number of carbonyl (C=O) groups is 1. The fourth-order valence-electron chi connectivity index (χ4n) is 5.46. The van der Waals surface area contributed by atoms with Gasteiger partial charge in [-0.25, -0.2) is 13.2 Å². The number of nitriles is 1. The maximum absolute atomic E-state index is 15.4. The van der Waals surface area contributed by atoms with Gasteiger partial charge in [0.25, 0.3) is 0 Å². The van der Waals surface area contributed by atoms with Gasteiger partial charge in [0.15, 0.2) is 6.10 Å². The van der Waals surface area contributed by atoms with E-state index in [1.807, 2.05) is 19.1 Å². The number of esters is 1. The van der Waals surface area contributed by atoms with Crippen molar-refractivity contribution >= 4 is 5.97 Å². The number of aromatic nitrogens is 2. The zero-order chi connectivity index (χ0) is 24.9. The molecule has 0 radical (unpaired) electrons. The highest BCUT2D eigenvalue weighted by atomic mass is 19.1. The molecule has 178 valence electrons. The van der Waals surface area contributed by atoms with Crippen LogP contribution in [0.2, 0.25) is 0 Å². The van der Waals surface area contributed by atoms with Crippen molar-refractivity contribution < 1.29 is 22.7 Å². The van der Waals surface area contributed by atoms with Gasteiger partial charge in [-0.1, -0.05) is 0 Å². The Kier molecular flexibility index (Phi) is 5.79. The van der Waals surface area contributed by atoms with E-state index in [1.54, 1.807) is 18.5 Å². The van der Waals surface area contributed by atoms with Crippen LogP contribution in [0.1, 0.15) is 77.0 Å². The van der Waals surface area contributed by atoms with Gasteiger partial charge >= 0.3 is 5.97 Å². The number of nitrogens with zero attached hydrogens (tertiary/aromatic N) is 3. The first kappa shape index (κ1) is 23.0. The molecule has 0 spiro atoms. The van der Waals surface area contributed by atoms with E-state index >= 15 is 4.39 Å². The number of pyridine rings is 2. The first-order valence-corrected chi connectivity index (χ1v) is 11.4. The monoisotopic (exact) mass is 477 g/mol. The Bertz CT molecular complexity index is 1380. The molecule has 0 bridgehead atoms. The Morgan fingerprint density at radius 3 is 2.69 bits per heavy atom. The van der Waals surface area contributed by atoms with Crippen LogP contribution in [-0.2, 0) is 16.0 Å². The molecule has 0 N–H and O–H groups in total. The second kappa shape index (κ2) is 8.81. The minimum atomic E-state index is -1.49. The predicted octanol–water partition coefficient (Wildman–Crippen LogP) is 5.90. The molecule has 0 saturated heterocycles. The van der Waals surface area contributed by atoms with E-state index < -0.39 is 36.2 Å². The van der Waals surface area contributed by atoms with Crippen molar-refractivity contribution in [1.82, 2.24) is 9.97 Å². The van der Waals surface area contributed by atoms with Crippen LogP contribution >= 0.6 is 0 Å². The third-order valence-electron chi connectivity index (χ3n) is 6.90. The number of hydrogen-bond acceptors (Lipinski definition) is 5. The average molecular weight is 477 g/mol. The standard InChI is InChI=1S/C27H22F3N3O2/c1-13-17(4-3-7-32-13)26-25-19(10-23(30)27(25)35-14(2)34)21(12-33-26)18-5-6-22(29)20-9-16(28)8-15(11-31)24(18)20/h3-4,7-9,12,18,22-23,27H,5-6,10H2,1-2H3/t18-,22+,23-,27-/m1/s1. The zero-order valence-corrected chi connectivity index (χ0v) is 19.2. The smallest absolute Gasteiger partial charge is 0.303 e. The SMILES string of the molecule is CC(=O)O[C@H]1c2c(-c3cccnc3C)ncc([C@H]3CC[C@H](F)c4cc(F)cc(C#N)c43)c2C[C@H]1F. The lowest BCUT2D eigenvalue weighted by atomic mass is 9.74. The van der Waals surface area contributed by atoms with Crippen molar-refractivity contribution in [2.24, 2.45) is 0 Å². The summed E-state index contributed by atoms with van der Waals surface area (Å²) in [5.41, 5.74) is 4.18. The maximum atomic E-state index is 15.4. The lowest BCUT2D eigenvalue weighted by Crippen LogP contribution is -2.18. The molecule has 5 nitrogen and oxygen atoms in total. The van der Waals surface area contributed by atoms with Gasteiger partial charge in [0.05, 0.1) is 17.3 Å². The second-order valence-corrected chi connectivity index (χ2v) is 9.01. The van der Waals surface area contributed by atoms with Gasteiger partial charge in [-0.3, -0.25) is 14.8 Å². The molecule has 35 heavy (non-hydrogen) atoms. The first-order chi connectivity index (χ1) is 16.8. The van der Waals surface area contributed by atoms with E-state index in [2.05, 4.69) is 9.97 Å². The van der Waals surface area contributed by atoms with Crippen molar-refractivity contribution in [3.8, 4) is 17.3 Å². The number of ether oxygens (including phenoxy) is 1. The van der Waals surface area contributed by atoms with Crippen LogP contribution in [0.4, 0.5) is 13.2 Å². The molecule has 4 atom stereocenters. The summed E-state index contributed by atoms with van der Waals surface area (Å²) >= 11 is 0. The summed E-state index contributed by atoms with van der Waals surface area (Å²) in [7, 11) is 0. The highest BCUT2D eigenvalue weighted by Crippen LogP contribution is 2.50. The van der Waals surface area contributed by atoms with E-state index in [0.29, 0.717) is 45.6 Å². The number of aryl methyl sites for hydroxylation is 1. The molecule has 0 unspecified atom stereocenters. The summed E-state index contributed by atoms with van der Waals surface area (Å²) < 4.78 is 49.7. The summed E-state index contributed by atoms with van der Waals surface area (Å²) in [5.74, 6) is -1.76. The molecule has 8 heteroatoms. The highest BCUT2D eigenvalue weighted by Gasteiger charge is 2.42. The van der Waals surface area contributed by atoms with Gasteiger partial charge in [-0.2, -0.15) is 5.26 Å². The second-order valence-electron chi connectivity index (χ2n) is 9.01. The third kappa shape index (κ3) is 3.85. The number of halogens is 3. The van der Waals surface area contributed by atoms with Gasteiger partial charge in [-0.05, 0) is 66.3 Å². The van der Waals surface area contributed by atoms with Crippen LogP contribution < -0.4 is 0 Å². The van der Waals surface area contributed by atoms with Crippen LogP contribution in [0, 0.1) is 24.1 Å². The molecule has 0 saturated carbocycles. The van der Waals surface area contributed by atoms with E-state index in [1.165, 1.54) is 6.92 Å². The zero-order valence-electron chi connectivity index (χ0n) is 19.2. The lowest BCUT2D eigenvalue weighted by Gasteiger charge is -2.30. The predicted molar refractivity (Wildman–Crippen MR) is 121 cm³/mol. The summed E-state index contributed by atoms with van der Waals surface area (Å²) in [6.07, 6.45) is -0.306. The van der Waals surface area contributed by atoms with Crippen molar-refractivity contribution in [1.29, 1.82) is 5.26 Å². The summed E-state index contributed by atoms with van der Waals surface area (Å²) in [5, 5.41) is 9.69. The van der Waals surface area contributed by atoms with Crippen molar-refractivity contribution in [2.45, 2.75) is 57.5 Å². The van der Waals surface area contributed by atoms with Gasteiger partial charge in [0.2, 0.25) is 0 Å². The molecule has 2 aliphatic rings. The van der Waals surface area contributed by atoms with Crippen LogP contribution in [0.25, 0.3) is 11.3 Å². The minimum Gasteiger partial charge on any atom is -0.454 e. The van der Waals surface area contributed by atoms with Crippen LogP contribution in [0.3, 0.4) is 0 Å². The van der Waals surface area contributed by atoms with Gasteiger partial charge in [0.1, 0.15) is 18.2 Å². The number of benzene rings is 1. The Morgan fingerprint density at radius 2 is 1.97 bits per heavy atom. The first-order valence-electron chi connectivity index (χ1n) is 11.4. The van der Waals surface area contributed by atoms with Gasteiger partial charge < -0.3 is 4.74 Å². The molecule has 2 heterocycles. The molecule has 0 amide bonds. The maximum Gasteiger partial charge on any atom is 0.303 e. The number of hydrogen-bond donors (Lipinski definition) is 0. The summed E-state index contributed by atoms with van der Waals surface area (Å²) in [6.45, 7) is 3.04.